The smallest absolute Gasteiger partial charge is 0.337 e. The molecule has 0 aliphatic rings. The molecule has 140 valence electrons. The van der Waals surface area contributed by atoms with Gasteiger partial charge in [0, 0.05) is 18.1 Å². The summed E-state index contributed by atoms with van der Waals surface area (Å²) < 4.78 is 37.4. The minimum Gasteiger partial charge on any atom is -0.465 e. The van der Waals surface area contributed by atoms with Crippen LogP contribution in [0.3, 0.4) is 0 Å². The molecule has 3 aromatic rings. The average Bonchev–Trinajstić information content (AvgIpc) is 3.20. The molecule has 0 radical (unpaired) electrons. The molecule has 0 saturated carbocycles. The number of ether oxygens (including phenoxy) is 2. The number of benzene rings is 2. The molecule has 7 nitrogen and oxygen atoms in total. The summed E-state index contributed by atoms with van der Waals surface area (Å²) in [4.78, 5) is 15.5. The van der Waals surface area contributed by atoms with Crippen LogP contribution in [-0.2, 0) is 21.3 Å². The summed E-state index contributed by atoms with van der Waals surface area (Å²) in [5, 5.41) is 2.36. The number of aromatic nitrogens is 1. The molecule has 0 amide bonds. The summed E-state index contributed by atoms with van der Waals surface area (Å²) in [7, 11) is -2.43. The molecule has 27 heavy (non-hydrogen) atoms. The maximum Gasteiger partial charge on any atom is 0.337 e. The predicted molar refractivity (Wildman–Crippen MR) is 100 cm³/mol. The number of nitrogens with one attached hydrogen (secondary N) is 1. The van der Waals surface area contributed by atoms with Gasteiger partial charge in [-0.25, -0.2) is 22.9 Å². The molecule has 0 fully saturated rings. The van der Waals surface area contributed by atoms with E-state index in [1.165, 1.54) is 42.7 Å². The Morgan fingerprint density at radius 2 is 1.81 bits per heavy atom. The number of esters is 1. The van der Waals surface area contributed by atoms with E-state index in [9.17, 15) is 13.2 Å². The largest absolute Gasteiger partial charge is 0.465 e. The maximum absolute atomic E-state index is 12.4. The zero-order valence-electron chi connectivity index (χ0n) is 14.3. The highest BCUT2D eigenvalue weighted by molar-refractivity contribution is 7.89. The Balaban J connectivity index is 1.62. The topological polar surface area (TPSA) is 94.6 Å². The molecule has 1 N–H and O–H groups in total. The van der Waals surface area contributed by atoms with Crippen LogP contribution in [0.4, 0.5) is 0 Å². The van der Waals surface area contributed by atoms with E-state index in [0.717, 1.165) is 5.56 Å². The minimum absolute atomic E-state index is 0.0684. The molecule has 3 rings (SSSR count). The van der Waals surface area contributed by atoms with E-state index in [2.05, 4.69) is 14.4 Å². The average molecular weight is 404 g/mol. The SMILES string of the molecule is COC(=O)c1ccc(S(=O)(=O)NCc2ccc(Oc3nccs3)cc2)cc1. The monoisotopic (exact) mass is 404 g/mol. The Hall–Kier alpha value is -2.75. The summed E-state index contributed by atoms with van der Waals surface area (Å²) >= 11 is 1.38. The van der Waals surface area contributed by atoms with Crippen LogP contribution in [0.25, 0.3) is 0 Å². The molecule has 2 aromatic carbocycles. The van der Waals surface area contributed by atoms with E-state index < -0.39 is 16.0 Å². The Labute approximate surface area is 160 Å². The van der Waals surface area contributed by atoms with Crippen LogP contribution < -0.4 is 9.46 Å². The van der Waals surface area contributed by atoms with Gasteiger partial charge in [0.15, 0.2) is 0 Å². The normalized spacial score (nSPS) is 11.1. The summed E-state index contributed by atoms with van der Waals surface area (Å²) in [6.07, 6.45) is 1.65. The van der Waals surface area contributed by atoms with Crippen LogP contribution in [-0.4, -0.2) is 26.5 Å². The van der Waals surface area contributed by atoms with Gasteiger partial charge in [-0.2, -0.15) is 0 Å². The van der Waals surface area contributed by atoms with Gasteiger partial charge < -0.3 is 9.47 Å². The van der Waals surface area contributed by atoms with Crippen molar-refractivity contribution in [3.05, 3.63) is 71.2 Å². The number of hydrogen-bond donors (Lipinski definition) is 1. The zero-order chi connectivity index (χ0) is 19.3. The van der Waals surface area contributed by atoms with Crippen LogP contribution in [0.5, 0.6) is 10.9 Å². The van der Waals surface area contributed by atoms with Crippen LogP contribution in [0.15, 0.2) is 65.0 Å². The van der Waals surface area contributed by atoms with Gasteiger partial charge in [0.2, 0.25) is 10.0 Å². The van der Waals surface area contributed by atoms with E-state index in [4.69, 9.17) is 4.74 Å². The fraction of sp³-hybridized carbons (Fsp3) is 0.111. The van der Waals surface area contributed by atoms with Crippen molar-refractivity contribution < 1.29 is 22.7 Å². The number of hydrogen-bond acceptors (Lipinski definition) is 7. The minimum atomic E-state index is -3.70. The van der Waals surface area contributed by atoms with Crippen molar-refractivity contribution in [2.75, 3.05) is 7.11 Å². The lowest BCUT2D eigenvalue weighted by molar-refractivity contribution is 0.0600. The van der Waals surface area contributed by atoms with Crippen molar-refractivity contribution in [2.24, 2.45) is 0 Å². The van der Waals surface area contributed by atoms with E-state index in [1.54, 1.807) is 30.5 Å². The Morgan fingerprint density at radius 3 is 2.41 bits per heavy atom. The molecule has 1 aromatic heterocycles. The first-order valence-corrected chi connectivity index (χ1v) is 10.2. The van der Waals surface area contributed by atoms with Gasteiger partial charge in [-0.05, 0) is 42.0 Å². The lowest BCUT2D eigenvalue weighted by Gasteiger charge is -2.08. The number of rotatable bonds is 7. The molecule has 0 saturated heterocycles. The van der Waals surface area contributed by atoms with Crippen molar-refractivity contribution in [3.63, 3.8) is 0 Å². The highest BCUT2D eigenvalue weighted by Crippen LogP contribution is 2.23. The molecule has 0 atom stereocenters. The van der Waals surface area contributed by atoms with E-state index in [-0.39, 0.29) is 17.0 Å². The third-order valence-electron chi connectivity index (χ3n) is 3.59. The second-order valence-corrected chi connectivity index (χ2v) is 8.01. The summed E-state index contributed by atoms with van der Waals surface area (Å²) in [6, 6.07) is 12.6. The highest BCUT2D eigenvalue weighted by atomic mass is 32.2. The standard InChI is InChI=1S/C18H16N2O5S2/c1-24-17(21)14-4-8-16(9-5-14)27(22,23)20-12-13-2-6-15(7-3-13)25-18-19-10-11-26-18/h2-11,20H,12H2,1H3. The molecular weight excluding hydrogens is 388 g/mol. The third-order valence-corrected chi connectivity index (χ3v) is 5.66. The van der Waals surface area contributed by atoms with Gasteiger partial charge >= 0.3 is 5.97 Å². The predicted octanol–water partition coefficient (Wildman–Crippen LogP) is 3.20. The van der Waals surface area contributed by atoms with Gasteiger partial charge in [0.25, 0.3) is 5.19 Å². The quantitative estimate of drug-likeness (QED) is 0.608. The Bertz CT molecular complexity index is 999. The van der Waals surface area contributed by atoms with Crippen LogP contribution in [0.1, 0.15) is 15.9 Å². The molecule has 0 spiro atoms. The Morgan fingerprint density at radius 1 is 1.11 bits per heavy atom. The van der Waals surface area contributed by atoms with Crippen LogP contribution in [0.2, 0.25) is 0 Å². The number of nitrogens with zero attached hydrogens (tertiary/aromatic N) is 1. The first-order valence-electron chi connectivity index (χ1n) is 7.82. The molecule has 0 bridgehead atoms. The molecule has 0 aliphatic heterocycles. The number of methoxy groups -OCH3 is 1. The molecule has 9 heteroatoms. The summed E-state index contributed by atoms with van der Waals surface area (Å²) in [5.74, 6) is 0.0990. The maximum atomic E-state index is 12.4. The molecule has 1 heterocycles. The summed E-state index contributed by atoms with van der Waals surface area (Å²) in [6.45, 7) is 0.124. The lowest BCUT2D eigenvalue weighted by atomic mass is 10.2. The van der Waals surface area contributed by atoms with Crippen molar-refractivity contribution in [1.29, 1.82) is 0 Å². The summed E-state index contributed by atoms with van der Waals surface area (Å²) in [5.41, 5.74) is 1.06. The Kier molecular flexibility index (Phi) is 5.84. The highest BCUT2D eigenvalue weighted by Gasteiger charge is 2.15. The first kappa shape index (κ1) is 19.0. The fourth-order valence-corrected chi connectivity index (χ4v) is 3.71. The van der Waals surface area contributed by atoms with E-state index >= 15 is 0 Å². The zero-order valence-corrected chi connectivity index (χ0v) is 15.9. The van der Waals surface area contributed by atoms with Gasteiger partial charge in [-0.15, -0.1) is 0 Å². The molecular formula is C18H16N2O5S2. The third kappa shape index (κ3) is 4.91. The van der Waals surface area contributed by atoms with Crippen LogP contribution >= 0.6 is 11.3 Å². The van der Waals surface area contributed by atoms with Gasteiger partial charge in [0.05, 0.1) is 17.6 Å². The lowest BCUT2D eigenvalue weighted by Crippen LogP contribution is -2.23. The van der Waals surface area contributed by atoms with Gasteiger partial charge in [-0.1, -0.05) is 23.5 Å². The van der Waals surface area contributed by atoms with Crippen molar-refractivity contribution in [2.45, 2.75) is 11.4 Å². The molecule has 0 unspecified atom stereocenters. The van der Waals surface area contributed by atoms with E-state index in [0.29, 0.717) is 10.9 Å². The second-order valence-electron chi connectivity index (χ2n) is 5.38. The van der Waals surface area contributed by atoms with Gasteiger partial charge in [0.1, 0.15) is 5.75 Å². The number of sulfonamides is 1. The fourth-order valence-electron chi connectivity index (χ4n) is 2.19. The van der Waals surface area contributed by atoms with Gasteiger partial charge in [-0.3, -0.25) is 0 Å². The van der Waals surface area contributed by atoms with Crippen molar-refractivity contribution in [3.8, 4) is 10.9 Å². The first-order chi connectivity index (χ1) is 13.0. The van der Waals surface area contributed by atoms with Crippen molar-refractivity contribution in [1.82, 2.24) is 9.71 Å². The van der Waals surface area contributed by atoms with E-state index in [1.807, 2.05) is 5.38 Å². The second kappa shape index (κ2) is 8.30. The molecule has 0 aliphatic carbocycles. The number of thiazole rings is 1. The number of carbonyl (C=O) groups is 1. The number of carbonyl (C=O) groups excluding carboxylic acids is 1. The van der Waals surface area contributed by atoms with Crippen LogP contribution in [0, 0.1) is 0 Å². The van der Waals surface area contributed by atoms with Crippen molar-refractivity contribution >= 4 is 27.3 Å².